The molecule has 0 aromatic heterocycles. The number of carbonyl (C=O) groups is 1. The van der Waals surface area contributed by atoms with E-state index in [9.17, 15) is 4.79 Å². The Bertz CT molecular complexity index is 1740. The summed E-state index contributed by atoms with van der Waals surface area (Å²) in [6.07, 6.45) is 9.58. The number of allylic oxidation sites excluding steroid dienone is 1. The number of hydrogen-bond acceptors (Lipinski definition) is 3. The quantitative estimate of drug-likeness (QED) is 0.0391. The molecule has 1 fully saturated rings. The van der Waals surface area contributed by atoms with E-state index in [-0.39, 0.29) is 17.4 Å². The van der Waals surface area contributed by atoms with E-state index in [4.69, 9.17) is 4.74 Å². The van der Waals surface area contributed by atoms with Crippen molar-refractivity contribution in [3.63, 3.8) is 0 Å². The molecule has 1 saturated heterocycles. The lowest BCUT2D eigenvalue weighted by atomic mass is 9.63. The summed E-state index contributed by atoms with van der Waals surface area (Å²) >= 11 is 0. The molecule has 1 heterocycles. The fourth-order valence-electron chi connectivity index (χ4n) is 8.29. The van der Waals surface area contributed by atoms with E-state index in [1.54, 1.807) is 0 Å². The molecule has 0 amide bonds. The number of rotatable bonds is 14. The highest BCUT2D eigenvalue weighted by atomic mass is 31.2. The van der Waals surface area contributed by atoms with E-state index in [2.05, 4.69) is 89.6 Å². The molecule has 0 saturated carbocycles. The minimum absolute atomic E-state index is 0.0378. The van der Waals surface area contributed by atoms with Crippen LogP contribution in [-0.4, -0.2) is 30.2 Å². The van der Waals surface area contributed by atoms with Gasteiger partial charge >= 0.3 is 0 Å². The topological polar surface area (TPSA) is 46.6 Å². The maximum Gasteiger partial charge on any atom is 0.207 e. The van der Waals surface area contributed by atoms with Crippen molar-refractivity contribution in [2.75, 3.05) is 13.2 Å². The molecule has 1 spiro atoms. The molecule has 2 aliphatic rings. The van der Waals surface area contributed by atoms with Gasteiger partial charge in [-0.25, -0.2) is 4.67 Å². The molecule has 49 heavy (non-hydrogen) atoms. The summed E-state index contributed by atoms with van der Waals surface area (Å²) < 4.78 is 25.1. The summed E-state index contributed by atoms with van der Waals surface area (Å²) in [5, 5.41) is 1.69. The summed E-state index contributed by atoms with van der Waals surface area (Å²) in [6, 6.07) is 51.5. The number of benzene rings is 5. The van der Waals surface area contributed by atoms with Gasteiger partial charge in [-0.05, 0) is 72.6 Å². The monoisotopic (exact) mass is 665 g/mol. The van der Waals surface area contributed by atoms with Crippen molar-refractivity contribution in [2.24, 2.45) is 11.3 Å². The van der Waals surface area contributed by atoms with Gasteiger partial charge in [-0.15, -0.1) is 0 Å². The van der Waals surface area contributed by atoms with Gasteiger partial charge < -0.3 is 9.53 Å². The van der Waals surface area contributed by atoms with Gasteiger partial charge in [0.15, 0.2) is 0 Å². The molecule has 4 nitrogen and oxygen atoms in total. The molecule has 3 atom stereocenters. The zero-order valence-corrected chi connectivity index (χ0v) is 28.8. The van der Waals surface area contributed by atoms with E-state index in [1.807, 2.05) is 78.9 Å². The second-order valence-electron chi connectivity index (χ2n) is 13.3. The highest BCUT2D eigenvalue weighted by molar-refractivity contribution is 7.76. The van der Waals surface area contributed by atoms with Crippen molar-refractivity contribution in [2.45, 2.75) is 43.7 Å². The Balaban J connectivity index is 1.18. The molecule has 248 valence electrons. The van der Waals surface area contributed by atoms with Crippen molar-refractivity contribution >= 4 is 24.2 Å². The van der Waals surface area contributed by atoms with E-state index >= 15 is 4.57 Å². The maximum absolute atomic E-state index is 15.7. The van der Waals surface area contributed by atoms with Gasteiger partial charge in [0, 0.05) is 41.6 Å². The molecular formula is C44H44NO3P. The highest BCUT2D eigenvalue weighted by Crippen LogP contribution is 2.62. The van der Waals surface area contributed by atoms with Crippen molar-refractivity contribution in [1.82, 2.24) is 4.67 Å². The Morgan fingerprint density at radius 2 is 1.14 bits per heavy atom. The first-order chi connectivity index (χ1) is 24.1. The van der Waals surface area contributed by atoms with Crippen LogP contribution < -0.4 is 10.6 Å². The summed E-state index contributed by atoms with van der Waals surface area (Å²) in [5.41, 5.74) is 2.36. The third kappa shape index (κ3) is 6.08. The van der Waals surface area contributed by atoms with Crippen molar-refractivity contribution in [1.29, 1.82) is 0 Å². The number of unbranched alkanes of at least 4 members (excludes halogenated alkanes) is 1. The first kappa shape index (κ1) is 33.2. The van der Waals surface area contributed by atoms with Crippen molar-refractivity contribution in [3.05, 3.63) is 181 Å². The zero-order chi connectivity index (χ0) is 33.6. The number of ether oxygens (including phenoxy) is 1. The molecule has 5 aromatic carbocycles. The molecule has 0 unspecified atom stereocenters. The van der Waals surface area contributed by atoms with Gasteiger partial charge in [-0.2, -0.15) is 0 Å². The largest absolute Gasteiger partial charge is 0.361 e. The van der Waals surface area contributed by atoms with E-state index in [1.165, 1.54) is 0 Å². The Labute approximate surface area is 290 Å². The van der Waals surface area contributed by atoms with Gasteiger partial charge in [0.25, 0.3) is 0 Å². The molecule has 1 aliphatic carbocycles. The molecule has 5 heteroatoms. The molecule has 7 rings (SSSR count). The number of nitrogens with zero attached hydrogens (tertiary/aromatic N) is 1. The van der Waals surface area contributed by atoms with Crippen LogP contribution in [0, 0.1) is 11.3 Å². The van der Waals surface area contributed by atoms with Crippen LogP contribution in [0.15, 0.2) is 164 Å². The second-order valence-corrected chi connectivity index (χ2v) is 16.0. The van der Waals surface area contributed by atoms with Gasteiger partial charge in [-0.1, -0.05) is 140 Å². The standard InChI is InChI=1S/C44H44NO3P/c46-33-30-39-35-45(49(47,40-25-12-4-13-26-40)41-27-14-5-15-28-41)42(43(39)31-18-32-43)29-16-17-34-48-44(36-19-6-1-7-20-36,37-21-8-2-9-22-37)38-23-10-3-11-24-38/h1-15,18-28,31,33,39,42H,16-17,29-30,32,34-35H2/t39-,42+,43+/m0/s1. The van der Waals surface area contributed by atoms with Gasteiger partial charge in [0.2, 0.25) is 7.29 Å². The average molecular weight is 666 g/mol. The van der Waals surface area contributed by atoms with Crippen LogP contribution >= 0.6 is 7.29 Å². The van der Waals surface area contributed by atoms with E-state index < -0.39 is 12.9 Å². The highest BCUT2D eigenvalue weighted by Gasteiger charge is 2.58. The summed E-state index contributed by atoms with van der Waals surface area (Å²) in [6.45, 7) is 1.19. The molecule has 0 radical (unpaired) electrons. The minimum Gasteiger partial charge on any atom is -0.361 e. The SMILES string of the molecule is O=CC[C@H]1CN(P(=O)(c2ccccc2)c2ccccc2)[C@H](CCCCOC(c2ccccc2)(c2ccccc2)c2ccccc2)[C@@]12C=CC2. The Kier molecular flexibility index (Phi) is 9.91. The predicted molar refractivity (Wildman–Crippen MR) is 200 cm³/mol. The van der Waals surface area contributed by atoms with Crippen molar-refractivity contribution in [3.8, 4) is 0 Å². The van der Waals surface area contributed by atoms with Crippen molar-refractivity contribution < 1.29 is 14.1 Å². The number of aldehydes is 1. The molecule has 5 aromatic rings. The molecule has 1 aliphatic heterocycles. The first-order valence-corrected chi connectivity index (χ1v) is 19.2. The normalized spacial score (nSPS) is 20.7. The summed E-state index contributed by atoms with van der Waals surface area (Å²) in [5.74, 6) is 0.124. The first-order valence-electron chi connectivity index (χ1n) is 17.5. The Morgan fingerprint density at radius 3 is 1.55 bits per heavy atom. The number of hydrogen-bond donors (Lipinski definition) is 0. The van der Waals surface area contributed by atoms with Crippen LogP contribution in [0.4, 0.5) is 0 Å². The molecule has 0 bridgehead atoms. The average Bonchev–Trinajstić information content (AvgIpc) is 3.49. The fraction of sp³-hybridized carbons (Fsp3) is 0.250. The van der Waals surface area contributed by atoms with Crippen LogP contribution in [0.1, 0.15) is 48.8 Å². The fourth-order valence-corrected chi connectivity index (χ4v) is 11.5. The van der Waals surface area contributed by atoms with Gasteiger partial charge in [0.1, 0.15) is 11.9 Å². The minimum atomic E-state index is -3.20. The van der Waals surface area contributed by atoms with Crippen LogP contribution in [-0.2, 0) is 19.7 Å². The van der Waals surface area contributed by atoms with Crippen LogP contribution in [0.2, 0.25) is 0 Å². The van der Waals surface area contributed by atoms with Crippen LogP contribution in [0.5, 0.6) is 0 Å². The lowest BCUT2D eigenvalue weighted by Crippen LogP contribution is -2.44. The third-order valence-corrected chi connectivity index (χ3v) is 13.9. The van der Waals surface area contributed by atoms with E-state index in [0.29, 0.717) is 19.6 Å². The third-order valence-electron chi connectivity index (χ3n) is 10.7. The maximum atomic E-state index is 15.7. The zero-order valence-electron chi connectivity index (χ0n) is 27.9. The predicted octanol–water partition coefficient (Wildman–Crippen LogP) is 8.93. The van der Waals surface area contributed by atoms with Crippen LogP contribution in [0.3, 0.4) is 0 Å². The second kappa shape index (κ2) is 14.6. The summed E-state index contributed by atoms with van der Waals surface area (Å²) in [7, 11) is -3.20. The summed E-state index contributed by atoms with van der Waals surface area (Å²) in [4.78, 5) is 12.0. The smallest absolute Gasteiger partial charge is 0.207 e. The molecular weight excluding hydrogens is 621 g/mol. The number of carbonyl (C=O) groups excluding carboxylic acids is 1. The Morgan fingerprint density at radius 1 is 0.694 bits per heavy atom. The van der Waals surface area contributed by atoms with Gasteiger partial charge in [0.05, 0.1) is 0 Å². The van der Waals surface area contributed by atoms with Gasteiger partial charge in [-0.3, -0.25) is 4.57 Å². The van der Waals surface area contributed by atoms with Crippen LogP contribution in [0.25, 0.3) is 0 Å². The Hall–Kier alpha value is -4.34. The lowest BCUT2D eigenvalue weighted by Gasteiger charge is -2.44. The van der Waals surface area contributed by atoms with E-state index in [0.717, 1.165) is 59.3 Å². The lowest BCUT2D eigenvalue weighted by molar-refractivity contribution is -0.109. The molecule has 0 N–H and O–H groups in total.